The van der Waals surface area contributed by atoms with E-state index >= 15 is 0 Å². The number of aliphatic hydroxyl groups is 1. The van der Waals surface area contributed by atoms with Gasteiger partial charge < -0.3 is 9.84 Å². The minimum Gasteiger partial charge on any atom is -0.469 e. The number of ether oxygens (including phenoxy) is 1. The largest absolute Gasteiger partial charge is 0.469 e. The van der Waals surface area contributed by atoms with E-state index in [1.54, 1.807) is 0 Å². The van der Waals surface area contributed by atoms with Crippen LogP contribution in [-0.2, 0) is 14.3 Å². The standard InChI is InChI=1S/C25H38O4/c1-6-16-20-13-15(26)9-11-25(20,4)19-10-12-24(3)17(14(2)23(28)29-5)7-8-18(24)21(19)22(16)27/h6,14-15,17-21,26H,7-13H2,1-5H3/b16-6+/t14-,15+,17?,18-,19-,20-,21-,24+,25+/m0/s1. The van der Waals surface area contributed by atoms with Gasteiger partial charge in [-0.3, -0.25) is 9.59 Å². The molecule has 0 aliphatic heterocycles. The van der Waals surface area contributed by atoms with Gasteiger partial charge in [-0.15, -0.1) is 0 Å². The summed E-state index contributed by atoms with van der Waals surface area (Å²) >= 11 is 0. The minimum absolute atomic E-state index is 0.0284. The first-order chi connectivity index (χ1) is 13.7. The van der Waals surface area contributed by atoms with E-state index in [2.05, 4.69) is 13.8 Å². The van der Waals surface area contributed by atoms with E-state index in [4.69, 9.17) is 4.74 Å². The highest BCUT2D eigenvalue weighted by Crippen LogP contribution is 2.68. The average Bonchev–Trinajstić information content (AvgIpc) is 3.05. The highest BCUT2D eigenvalue weighted by atomic mass is 16.5. The molecule has 0 radical (unpaired) electrons. The van der Waals surface area contributed by atoms with E-state index in [1.165, 1.54) is 7.11 Å². The summed E-state index contributed by atoms with van der Waals surface area (Å²) in [5.41, 5.74) is 1.11. The Hall–Kier alpha value is -1.16. The molecule has 4 aliphatic rings. The van der Waals surface area contributed by atoms with Gasteiger partial charge in [-0.2, -0.15) is 0 Å². The van der Waals surface area contributed by atoms with Gasteiger partial charge in [0.2, 0.25) is 0 Å². The number of aliphatic hydroxyl groups excluding tert-OH is 1. The van der Waals surface area contributed by atoms with Crippen LogP contribution >= 0.6 is 0 Å². The maximum Gasteiger partial charge on any atom is 0.308 e. The van der Waals surface area contributed by atoms with Crippen LogP contribution in [0.1, 0.15) is 72.6 Å². The summed E-state index contributed by atoms with van der Waals surface area (Å²) < 4.78 is 5.07. The number of rotatable bonds is 2. The fourth-order valence-corrected chi connectivity index (χ4v) is 8.40. The lowest BCUT2D eigenvalue weighted by molar-refractivity contribution is -0.155. The number of Topliss-reactive ketones (excluding diaryl/α,β-unsaturated/α-hetero) is 1. The Morgan fingerprint density at radius 2 is 1.79 bits per heavy atom. The molecule has 0 aromatic heterocycles. The van der Waals surface area contributed by atoms with Crippen LogP contribution in [0.5, 0.6) is 0 Å². The van der Waals surface area contributed by atoms with Crippen molar-refractivity contribution in [2.24, 2.45) is 46.3 Å². The Balaban J connectivity index is 1.71. The number of hydrogen-bond donors (Lipinski definition) is 1. The van der Waals surface area contributed by atoms with Crippen molar-refractivity contribution >= 4 is 11.8 Å². The van der Waals surface area contributed by atoms with Crippen molar-refractivity contribution in [3.05, 3.63) is 11.6 Å². The van der Waals surface area contributed by atoms with Gasteiger partial charge in [0.25, 0.3) is 0 Å². The van der Waals surface area contributed by atoms with Gasteiger partial charge in [-0.1, -0.05) is 26.8 Å². The van der Waals surface area contributed by atoms with E-state index in [-0.39, 0.29) is 40.7 Å². The third-order valence-electron chi connectivity index (χ3n) is 9.96. The van der Waals surface area contributed by atoms with Crippen LogP contribution in [0.2, 0.25) is 0 Å². The summed E-state index contributed by atoms with van der Waals surface area (Å²) in [4.78, 5) is 26.1. The van der Waals surface area contributed by atoms with Gasteiger partial charge in [0, 0.05) is 5.92 Å². The zero-order valence-corrected chi connectivity index (χ0v) is 18.7. The number of carbonyl (C=O) groups is 2. The van der Waals surface area contributed by atoms with Gasteiger partial charge in [-0.25, -0.2) is 0 Å². The molecule has 1 N–H and O–H groups in total. The zero-order chi connectivity index (χ0) is 21.1. The number of fused-ring (bicyclic) bond motifs is 5. The molecule has 1 unspecified atom stereocenters. The zero-order valence-electron chi connectivity index (χ0n) is 18.7. The second kappa shape index (κ2) is 7.21. The van der Waals surface area contributed by atoms with Crippen LogP contribution in [0.3, 0.4) is 0 Å². The number of ketones is 1. The lowest BCUT2D eigenvalue weighted by Crippen LogP contribution is -2.58. The highest BCUT2D eigenvalue weighted by Gasteiger charge is 2.64. The molecule has 4 nitrogen and oxygen atoms in total. The molecule has 4 aliphatic carbocycles. The maximum atomic E-state index is 13.8. The third-order valence-corrected chi connectivity index (χ3v) is 9.96. The molecule has 4 rings (SSSR count). The molecular formula is C25H38O4. The molecule has 162 valence electrons. The van der Waals surface area contributed by atoms with Gasteiger partial charge in [0.15, 0.2) is 5.78 Å². The van der Waals surface area contributed by atoms with Gasteiger partial charge in [0.05, 0.1) is 19.1 Å². The van der Waals surface area contributed by atoms with E-state index in [9.17, 15) is 14.7 Å². The Labute approximate surface area is 175 Å². The molecule has 4 heteroatoms. The predicted molar refractivity (Wildman–Crippen MR) is 112 cm³/mol. The van der Waals surface area contributed by atoms with Crippen molar-refractivity contribution in [3.8, 4) is 0 Å². The Morgan fingerprint density at radius 1 is 1.14 bits per heavy atom. The molecule has 9 atom stereocenters. The molecule has 0 saturated heterocycles. The molecule has 0 amide bonds. The first-order valence-electron chi connectivity index (χ1n) is 11.6. The van der Waals surface area contributed by atoms with Crippen LogP contribution in [0.25, 0.3) is 0 Å². The quantitative estimate of drug-likeness (QED) is 0.544. The van der Waals surface area contributed by atoms with E-state index in [0.29, 0.717) is 23.5 Å². The topological polar surface area (TPSA) is 63.6 Å². The number of allylic oxidation sites excluding steroid dienone is 2. The minimum atomic E-state index is -0.280. The molecule has 0 spiro atoms. The first-order valence-corrected chi connectivity index (χ1v) is 11.6. The summed E-state index contributed by atoms with van der Waals surface area (Å²) in [5, 5.41) is 10.3. The van der Waals surface area contributed by atoms with Crippen LogP contribution < -0.4 is 0 Å². The third kappa shape index (κ3) is 2.88. The maximum absolute atomic E-state index is 13.8. The summed E-state index contributed by atoms with van der Waals surface area (Å²) in [7, 11) is 1.48. The molecule has 29 heavy (non-hydrogen) atoms. The summed E-state index contributed by atoms with van der Waals surface area (Å²) in [6.07, 6.45) is 8.55. The van der Waals surface area contributed by atoms with Gasteiger partial charge in [-0.05, 0) is 91.9 Å². The average molecular weight is 403 g/mol. The van der Waals surface area contributed by atoms with Gasteiger partial charge >= 0.3 is 5.97 Å². The van der Waals surface area contributed by atoms with Crippen LogP contribution in [0.15, 0.2) is 11.6 Å². The lowest BCUT2D eigenvalue weighted by Gasteiger charge is -2.60. The van der Waals surface area contributed by atoms with Crippen LogP contribution in [0, 0.1) is 46.3 Å². The van der Waals surface area contributed by atoms with Crippen molar-refractivity contribution in [2.75, 3.05) is 7.11 Å². The number of methoxy groups -OCH3 is 1. The van der Waals surface area contributed by atoms with Gasteiger partial charge in [0.1, 0.15) is 0 Å². The number of carbonyl (C=O) groups excluding carboxylic acids is 2. The number of esters is 1. The normalized spacial score (nSPS) is 49.2. The Morgan fingerprint density at radius 3 is 2.45 bits per heavy atom. The first kappa shape index (κ1) is 21.1. The van der Waals surface area contributed by atoms with Crippen molar-refractivity contribution in [3.63, 3.8) is 0 Å². The summed E-state index contributed by atoms with van der Waals surface area (Å²) in [6, 6.07) is 0. The fraction of sp³-hybridized carbons (Fsp3) is 0.840. The van der Waals surface area contributed by atoms with E-state index < -0.39 is 0 Å². The van der Waals surface area contributed by atoms with Crippen molar-refractivity contribution in [2.45, 2.75) is 78.7 Å². The van der Waals surface area contributed by atoms with Crippen LogP contribution in [0.4, 0.5) is 0 Å². The van der Waals surface area contributed by atoms with E-state index in [1.807, 2.05) is 19.9 Å². The molecule has 4 saturated carbocycles. The fourth-order valence-electron chi connectivity index (χ4n) is 8.40. The molecular weight excluding hydrogens is 364 g/mol. The SMILES string of the molecule is C/C=C1/C(=O)[C@@H]2[C@H](CC[C@]3(C)C([C@H](C)C(=O)OC)CC[C@@H]23)[C@@]2(C)CC[C@@H](O)C[C@@H]12. The van der Waals surface area contributed by atoms with Crippen molar-refractivity contribution in [1.82, 2.24) is 0 Å². The van der Waals surface area contributed by atoms with Crippen molar-refractivity contribution in [1.29, 1.82) is 0 Å². The number of hydrogen-bond acceptors (Lipinski definition) is 4. The highest BCUT2D eigenvalue weighted by molar-refractivity contribution is 5.99. The smallest absolute Gasteiger partial charge is 0.308 e. The summed E-state index contributed by atoms with van der Waals surface area (Å²) in [6.45, 7) is 8.74. The predicted octanol–water partition coefficient (Wildman–Crippen LogP) is 4.55. The molecule has 0 aromatic rings. The Bertz CT molecular complexity index is 726. The lowest BCUT2D eigenvalue weighted by atomic mass is 9.43. The molecule has 0 aromatic carbocycles. The Kier molecular flexibility index (Phi) is 5.25. The second-order valence-corrected chi connectivity index (χ2v) is 10.9. The van der Waals surface area contributed by atoms with Crippen molar-refractivity contribution < 1.29 is 19.4 Å². The second-order valence-electron chi connectivity index (χ2n) is 10.9. The molecule has 0 bridgehead atoms. The molecule has 4 fully saturated rings. The van der Waals surface area contributed by atoms with E-state index in [0.717, 1.165) is 50.5 Å². The monoisotopic (exact) mass is 402 g/mol. The van der Waals surface area contributed by atoms with Crippen LogP contribution in [-0.4, -0.2) is 30.1 Å². The summed E-state index contributed by atoms with van der Waals surface area (Å²) in [5.74, 6) is 1.44. The molecule has 0 heterocycles.